The van der Waals surface area contributed by atoms with Gasteiger partial charge in [-0.3, -0.25) is 4.79 Å². The van der Waals surface area contributed by atoms with Crippen LogP contribution in [-0.2, 0) is 0 Å². The van der Waals surface area contributed by atoms with Gasteiger partial charge in [0.1, 0.15) is 9.88 Å². The molecule has 2 rings (SSSR count). The van der Waals surface area contributed by atoms with Gasteiger partial charge >= 0.3 is 0 Å². The Morgan fingerprint density at radius 2 is 2.29 bits per heavy atom. The highest BCUT2D eigenvalue weighted by atomic mass is 32.1. The van der Waals surface area contributed by atoms with E-state index in [2.05, 4.69) is 10.3 Å². The van der Waals surface area contributed by atoms with Gasteiger partial charge in [-0.1, -0.05) is 13.0 Å². The van der Waals surface area contributed by atoms with Crippen molar-refractivity contribution >= 4 is 28.6 Å². The first-order valence-corrected chi connectivity index (χ1v) is 8.63. The molecule has 0 aliphatic carbocycles. The zero-order valence-corrected chi connectivity index (χ0v) is 14.1. The van der Waals surface area contributed by atoms with Crippen molar-refractivity contribution < 1.29 is 9.90 Å². The lowest BCUT2D eigenvalue weighted by molar-refractivity contribution is 0.0889. The molecule has 4 nitrogen and oxygen atoms in total. The van der Waals surface area contributed by atoms with Crippen LogP contribution in [-0.4, -0.2) is 28.1 Å². The highest BCUT2D eigenvalue weighted by Gasteiger charge is 2.26. The van der Waals surface area contributed by atoms with Gasteiger partial charge in [0.05, 0.1) is 10.6 Å². The fraction of sp³-hybridized carbons (Fsp3) is 0.467. The molecule has 0 saturated carbocycles. The third-order valence-electron chi connectivity index (χ3n) is 3.59. The van der Waals surface area contributed by atoms with E-state index < -0.39 is 0 Å². The van der Waals surface area contributed by atoms with Gasteiger partial charge in [-0.2, -0.15) is 0 Å². The maximum Gasteiger partial charge on any atom is 0.263 e. The monoisotopic (exact) mass is 324 g/mol. The summed E-state index contributed by atoms with van der Waals surface area (Å²) in [4.78, 5) is 18.7. The predicted molar refractivity (Wildman–Crippen MR) is 88.0 cm³/mol. The number of aliphatic hydroxyl groups excluding tert-OH is 1. The number of thiazole rings is 1. The van der Waals surface area contributed by atoms with Crippen LogP contribution in [0.1, 0.15) is 42.1 Å². The summed E-state index contributed by atoms with van der Waals surface area (Å²) in [7, 11) is 0. The van der Waals surface area contributed by atoms with Crippen molar-refractivity contribution in [3.05, 3.63) is 28.1 Å². The van der Waals surface area contributed by atoms with Crippen LogP contribution >= 0.6 is 22.7 Å². The number of aromatic nitrogens is 1. The van der Waals surface area contributed by atoms with Gasteiger partial charge in [0, 0.05) is 12.1 Å². The summed E-state index contributed by atoms with van der Waals surface area (Å²) >= 11 is 3.04. The van der Waals surface area contributed by atoms with Crippen molar-refractivity contribution in [3.8, 4) is 9.88 Å². The van der Waals surface area contributed by atoms with E-state index in [0.29, 0.717) is 11.3 Å². The van der Waals surface area contributed by atoms with E-state index in [1.807, 2.05) is 38.3 Å². The molecule has 0 aliphatic heterocycles. The number of amides is 1. The molecule has 2 N–H and O–H groups in total. The molecule has 0 aliphatic rings. The molecule has 0 saturated heterocycles. The van der Waals surface area contributed by atoms with Gasteiger partial charge in [0.2, 0.25) is 0 Å². The average molecular weight is 324 g/mol. The first-order valence-electron chi connectivity index (χ1n) is 6.94. The highest BCUT2D eigenvalue weighted by Crippen LogP contribution is 2.31. The quantitative estimate of drug-likeness (QED) is 0.855. The summed E-state index contributed by atoms with van der Waals surface area (Å²) < 4.78 is 0. The zero-order chi connectivity index (χ0) is 15.5. The molecule has 1 amide bonds. The smallest absolute Gasteiger partial charge is 0.263 e. The Morgan fingerprint density at radius 1 is 1.52 bits per heavy atom. The fourth-order valence-electron chi connectivity index (χ4n) is 2.02. The number of hydrogen-bond acceptors (Lipinski definition) is 5. The molecule has 0 aromatic carbocycles. The summed E-state index contributed by atoms with van der Waals surface area (Å²) in [5.41, 5.74) is 0.370. The van der Waals surface area contributed by atoms with Crippen LogP contribution in [0.3, 0.4) is 0 Å². The standard InChI is InChI=1S/C15H20N2O2S2/c1-4-15(3,7-8-18)17-13(19)12-10(2)16-14(21-12)11-6-5-9-20-11/h5-6,9,18H,4,7-8H2,1-3H3,(H,17,19). The van der Waals surface area contributed by atoms with Crippen LogP contribution in [0.15, 0.2) is 17.5 Å². The van der Waals surface area contributed by atoms with E-state index in [1.165, 1.54) is 11.3 Å². The Hall–Kier alpha value is -1.24. The van der Waals surface area contributed by atoms with Crippen molar-refractivity contribution in [2.24, 2.45) is 0 Å². The minimum absolute atomic E-state index is 0.0622. The SMILES string of the molecule is CCC(C)(CCO)NC(=O)c1sc(-c2cccs2)nc1C. The number of nitrogens with one attached hydrogen (secondary N) is 1. The summed E-state index contributed by atoms with van der Waals surface area (Å²) in [6.45, 7) is 5.88. The number of nitrogens with zero attached hydrogens (tertiary/aromatic N) is 1. The van der Waals surface area contributed by atoms with E-state index in [0.717, 1.165) is 22.0 Å². The van der Waals surface area contributed by atoms with Crippen LogP contribution in [0, 0.1) is 6.92 Å². The maximum absolute atomic E-state index is 12.5. The maximum atomic E-state index is 12.5. The Kier molecular flexibility index (Phi) is 5.13. The average Bonchev–Trinajstić information content (AvgIpc) is 3.07. The van der Waals surface area contributed by atoms with Crippen LogP contribution in [0.2, 0.25) is 0 Å². The molecule has 0 spiro atoms. The molecule has 0 bridgehead atoms. The van der Waals surface area contributed by atoms with E-state index in [-0.39, 0.29) is 18.1 Å². The lowest BCUT2D eigenvalue weighted by atomic mass is 9.95. The second-order valence-corrected chi connectivity index (χ2v) is 7.20. The Labute approximate surface area is 132 Å². The number of hydrogen-bond donors (Lipinski definition) is 2. The van der Waals surface area contributed by atoms with Gasteiger partial charge in [-0.05, 0) is 38.1 Å². The van der Waals surface area contributed by atoms with Crippen LogP contribution < -0.4 is 5.32 Å². The number of aryl methyl sites for hydroxylation is 1. The van der Waals surface area contributed by atoms with Crippen LogP contribution in [0.4, 0.5) is 0 Å². The molecule has 0 radical (unpaired) electrons. The molecule has 0 fully saturated rings. The first kappa shape index (κ1) is 16.1. The van der Waals surface area contributed by atoms with Crippen molar-refractivity contribution in [2.45, 2.75) is 39.2 Å². The van der Waals surface area contributed by atoms with Crippen molar-refractivity contribution in [3.63, 3.8) is 0 Å². The van der Waals surface area contributed by atoms with E-state index in [9.17, 15) is 4.79 Å². The highest BCUT2D eigenvalue weighted by molar-refractivity contribution is 7.22. The molecule has 2 aromatic heterocycles. The summed E-state index contributed by atoms with van der Waals surface area (Å²) in [6.07, 6.45) is 1.32. The van der Waals surface area contributed by atoms with Crippen molar-refractivity contribution in [1.82, 2.24) is 10.3 Å². The first-order chi connectivity index (χ1) is 9.99. The molecule has 114 valence electrons. The van der Waals surface area contributed by atoms with Crippen LogP contribution in [0.5, 0.6) is 0 Å². The lowest BCUT2D eigenvalue weighted by Gasteiger charge is -2.28. The predicted octanol–water partition coefficient (Wildman–Crippen LogP) is 3.46. The largest absolute Gasteiger partial charge is 0.396 e. The van der Waals surface area contributed by atoms with Crippen LogP contribution in [0.25, 0.3) is 9.88 Å². The Balaban J connectivity index is 2.20. The molecule has 2 heterocycles. The van der Waals surface area contributed by atoms with Crippen molar-refractivity contribution in [2.75, 3.05) is 6.61 Å². The normalized spacial score (nSPS) is 13.9. The lowest BCUT2D eigenvalue weighted by Crippen LogP contribution is -2.46. The molecule has 6 heteroatoms. The Morgan fingerprint density at radius 3 is 2.86 bits per heavy atom. The van der Waals surface area contributed by atoms with E-state index >= 15 is 0 Å². The molecule has 1 unspecified atom stereocenters. The summed E-state index contributed by atoms with van der Waals surface area (Å²) in [5.74, 6) is -0.106. The number of thiophene rings is 1. The molecule has 21 heavy (non-hydrogen) atoms. The fourth-order valence-corrected chi connectivity index (χ4v) is 3.78. The van der Waals surface area contributed by atoms with Crippen molar-refractivity contribution in [1.29, 1.82) is 0 Å². The molecule has 2 aromatic rings. The molecule has 1 atom stereocenters. The second-order valence-electron chi connectivity index (χ2n) is 5.25. The molecular weight excluding hydrogens is 304 g/mol. The number of aliphatic hydroxyl groups is 1. The number of rotatable bonds is 6. The van der Waals surface area contributed by atoms with Gasteiger partial charge < -0.3 is 10.4 Å². The molecular formula is C15H20N2O2S2. The van der Waals surface area contributed by atoms with Gasteiger partial charge in [0.25, 0.3) is 5.91 Å². The van der Waals surface area contributed by atoms with E-state index in [1.54, 1.807) is 11.3 Å². The summed E-state index contributed by atoms with van der Waals surface area (Å²) in [5, 5.41) is 15.1. The van der Waals surface area contributed by atoms with Gasteiger partial charge in [0.15, 0.2) is 0 Å². The third kappa shape index (κ3) is 3.70. The van der Waals surface area contributed by atoms with Gasteiger partial charge in [-0.15, -0.1) is 22.7 Å². The second kappa shape index (κ2) is 6.68. The number of carbonyl (C=O) groups excluding carboxylic acids is 1. The third-order valence-corrected chi connectivity index (χ3v) is 5.79. The summed E-state index contributed by atoms with van der Waals surface area (Å²) in [6, 6.07) is 3.98. The van der Waals surface area contributed by atoms with E-state index in [4.69, 9.17) is 5.11 Å². The minimum atomic E-state index is -0.384. The number of carbonyl (C=O) groups is 1. The van der Waals surface area contributed by atoms with Gasteiger partial charge in [-0.25, -0.2) is 4.98 Å². The topological polar surface area (TPSA) is 62.2 Å². The minimum Gasteiger partial charge on any atom is -0.396 e. The Bertz CT molecular complexity index is 607. The zero-order valence-electron chi connectivity index (χ0n) is 12.5.